The fraction of sp³-hybridized carbons (Fsp3) is 0.786. The summed E-state index contributed by atoms with van der Waals surface area (Å²) in [4.78, 5) is 65.2. The summed E-state index contributed by atoms with van der Waals surface area (Å²) >= 11 is 0. The van der Waals surface area contributed by atoms with Crippen LogP contribution in [-0.2, 0) is 46.6 Å². The van der Waals surface area contributed by atoms with Gasteiger partial charge in [-0.15, -0.1) is 0 Å². The first-order valence-electron chi connectivity index (χ1n) is 21.6. The van der Waals surface area contributed by atoms with Crippen molar-refractivity contribution in [3.8, 4) is 0 Å². The SMILES string of the molecule is CCCCC[C@H](O)/C=C/[C@H]1C(=O)C=C[C@@H]1C/C=C\CCCC(=O)OC[C@H](COP(=O)(O)OC[C@@H](O)COP(=O)(O)O)OC(=O)CCCCCCCCCCCCC(C)C. The standard InChI is InChI=1S/C42H74O15P2/c1-4-5-16-23-36(43)27-28-39-35(26-29-40(39)45)22-18-14-15-19-24-41(46)53-32-38(33-56-59(51,52)55-31-37(44)30-54-58(48,49)50)57-42(47)25-20-13-11-9-7-6-8-10-12-17-21-34(2)3/h14,18,26-29,34-39,43-44H,4-13,15-17,19-25,30-33H2,1-3H3,(H,51,52)(H2,48,49,50)/b18-14-,28-27+/t35-,36-,37-,38+,39+/m0/s1. The number of esters is 2. The molecule has 0 saturated carbocycles. The Morgan fingerprint density at radius 2 is 1.34 bits per heavy atom. The highest BCUT2D eigenvalue weighted by atomic mass is 31.2. The number of carbonyl (C=O) groups excluding carboxylic acids is 3. The third-order valence-corrected chi connectivity index (χ3v) is 11.1. The number of ether oxygens (including phenoxy) is 2. The van der Waals surface area contributed by atoms with Crippen molar-refractivity contribution in [3.63, 3.8) is 0 Å². The van der Waals surface area contributed by atoms with Gasteiger partial charge in [0.1, 0.15) is 12.7 Å². The van der Waals surface area contributed by atoms with Crippen LogP contribution in [0.5, 0.6) is 0 Å². The molecule has 6 atom stereocenters. The van der Waals surface area contributed by atoms with E-state index in [9.17, 15) is 38.6 Å². The van der Waals surface area contributed by atoms with E-state index in [4.69, 9.17) is 23.8 Å². The number of aliphatic hydroxyl groups excluding tert-OH is 2. The molecule has 0 aliphatic heterocycles. The van der Waals surface area contributed by atoms with Crippen LogP contribution < -0.4 is 0 Å². The highest BCUT2D eigenvalue weighted by molar-refractivity contribution is 7.47. The van der Waals surface area contributed by atoms with E-state index < -0.39 is 72.3 Å². The average molecular weight is 881 g/mol. The quantitative estimate of drug-likeness (QED) is 0.0171. The van der Waals surface area contributed by atoms with E-state index in [-0.39, 0.29) is 30.5 Å². The molecule has 0 amide bonds. The summed E-state index contributed by atoms with van der Waals surface area (Å²) in [5.74, 6) is -0.748. The average Bonchev–Trinajstić information content (AvgIpc) is 3.53. The van der Waals surface area contributed by atoms with Gasteiger partial charge < -0.3 is 34.4 Å². The summed E-state index contributed by atoms with van der Waals surface area (Å²) in [6, 6.07) is 0. The second-order valence-electron chi connectivity index (χ2n) is 15.8. The molecule has 1 unspecified atom stereocenters. The third kappa shape index (κ3) is 31.5. The first-order chi connectivity index (χ1) is 28.0. The summed E-state index contributed by atoms with van der Waals surface area (Å²) in [5, 5.41) is 20.0. The number of allylic oxidation sites excluding steroid dienone is 5. The molecule has 1 aliphatic carbocycles. The Hall–Kier alpha value is -2.03. The van der Waals surface area contributed by atoms with Crippen LogP contribution in [0.15, 0.2) is 36.5 Å². The van der Waals surface area contributed by atoms with Crippen LogP contribution in [0.2, 0.25) is 0 Å². The van der Waals surface area contributed by atoms with E-state index in [0.717, 1.165) is 50.9 Å². The van der Waals surface area contributed by atoms with Gasteiger partial charge in [0.05, 0.1) is 25.9 Å². The van der Waals surface area contributed by atoms with Gasteiger partial charge in [-0.05, 0) is 50.0 Å². The fourth-order valence-corrected chi connectivity index (χ4v) is 7.44. The maximum absolute atomic E-state index is 12.7. The van der Waals surface area contributed by atoms with Crippen molar-refractivity contribution >= 4 is 33.4 Å². The Bertz CT molecular complexity index is 1340. The van der Waals surface area contributed by atoms with Crippen LogP contribution in [0, 0.1) is 17.8 Å². The van der Waals surface area contributed by atoms with Crippen molar-refractivity contribution < 1.29 is 71.5 Å². The minimum atomic E-state index is -4.89. The summed E-state index contributed by atoms with van der Waals surface area (Å²) < 4.78 is 47.7. The normalized spacial score (nSPS) is 18.5. The van der Waals surface area contributed by atoms with E-state index >= 15 is 0 Å². The molecule has 17 heteroatoms. The molecular formula is C42H74O15P2. The van der Waals surface area contributed by atoms with Crippen molar-refractivity contribution in [2.24, 2.45) is 17.8 Å². The van der Waals surface area contributed by atoms with E-state index in [1.807, 2.05) is 18.2 Å². The first-order valence-corrected chi connectivity index (χ1v) is 24.6. The van der Waals surface area contributed by atoms with Crippen molar-refractivity contribution in [1.82, 2.24) is 0 Å². The lowest BCUT2D eigenvalue weighted by molar-refractivity contribution is -0.161. The molecule has 0 aromatic heterocycles. The summed E-state index contributed by atoms with van der Waals surface area (Å²) in [7, 11) is -9.74. The lowest BCUT2D eigenvalue weighted by atomic mass is 9.90. The van der Waals surface area contributed by atoms with Gasteiger partial charge >= 0.3 is 27.6 Å². The van der Waals surface area contributed by atoms with Gasteiger partial charge in [0, 0.05) is 18.8 Å². The molecule has 0 radical (unpaired) electrons. The molecule has 15 nitrogen and oxygen atoms in total. The van der Waals surface area contributed by atoms with Crippen molar-refractivity contribution in [2.75, 3.05) is 26.4 Å². The van der Waals surface area contributed by atoms with E-state index in [1.165, 1.54) is 38.5 Å². The molecule has 0 aromatic carbocycles. The summed E-state index contributed by atoms with van der Waals surface area (Å²) in [5.41, 5.74) is 0. The molecule has 59 heavy (non-hydrogen) atoms. The lowest BCUT2D eigenvalue weighted by Crippen LogP contribution is -2.30. The molecule has 1 rings (SSSR count). The highest BCUT2D eigenvalue weighted by Gasteiger charge is 2.29. The second kappa shape index (κ2) is 32.7. The Balaban J connectivity index is 2.54. The molecule has 0 bridgehead atoms. The van der Waals surface area contributed by atoms with Gasteiger partial charge in [-0.1, -0.05) is 135 Å². The number of phosphoric acid groups is 2. The van der Waals surface area contributed by atoms with Crippen LogP contribution >= 0.6 is 15.6 Å². The lowest BCUT2D eigenvalue weighted by Gasteiger charge is -2.20. The Morgan fingerprint density at radius 1 is 0.746 bits per heavy atom. The van der Waals surface area contributed by atoms with E-state index in [2.05, 4.69) is 29.8 Å². The van der Waals surface area contributed by atoms with Crippen molar-refractivity contribution in [2.45, 2.75) is 167 Å². The van der Waals surface area contributed by atoms with Crippen LogP contribution in [0.1, 0.15) is 149 Å². The van der Waals surface area contributed by atoms with Gasteiger partial charge in [0.2, 0.25) is 0 Å². The topological polar surface area (TPSA) is 233 Å². The number of carbonyl (C=O) groups is 3. The smallest absolute Gasteiger partial charge is 0.462 e. The van der Waals surface area contributed by atoms with Crippen LogP contribution in [0.25, 0.3) is 0 Å². The molecular weight excluding hydrogens is 806 g/mol. The van der Waals surface area contributed by atoms with Crippen LogP contribution in [0.3, 0.4) is 0 Å². The molecule has 5 N–H and O–H groups in total. The zero-order chi connectivity index (χ0) is 43.9. The Morgan fingerprint density at radius 3 is 1.98 bits per heavy atom. The largest absolute Gasteiger partial charge is 0.472 e. The monoisotopic (exact) mass is 880 g/mol. The summed E-state index contributed by atoms with van der Waals surface area (Å²) in [6.07, 6.45) is 25.0. The van der Waals surface area contributed by atoms with Crippen molar-refractivity contribution in [3.05, 3.63) is 36.5 Å². The second-order valence-corrected chi connectivity index (χ2v) is 18.5. The first kappa shape index (κ1) is 55.0. The van der Waals surface area contributed by atoms with E-state index in [0.29, 0.717) is 32.1 Å². The minimum Gasteiger partial charge on any atom is -0.462 e. The number of rotatable bonds is 37. The van der Waals surface area contributed by atoms with Gasteiger partial charge in [0.15, 0.2) is 11.9 Å². The molecule has 0 saturated heterocycles. The fourth-order valence-electron chi connectivity index (χ4n) is 6.29. The number of hydrogen-bond donors (Lipinski definition) is 5. The van der Waals surface area contributed by atoms with Crippen molar-refractivity contribution in [1.29, 1.82) is 0 Å². The number of phosphoric ester groups is 2. The van der Waals surface area contributed by atoms with Gasteiger partial charge in [-0.3, -0.25) is 28.0 Å². The van der Waals surface area contributed by atoms with Gasteiger partial charge in [0.25, 0.3) is 0 Å². The summed E-state index contributed by atoms with van der Waals surface area (Å²) in [6.45, 7) is 3.71. The molecule has 0 aromatic rings. The minimum absolute atomic E-state index is 0.0102. The van der Waals surface area contributed by atoms with Gasteiger partial charge in [-0.2, -0.15) is 0 Å². The molecule has 342 valence electrons. The maximum Gasteiger partial charge on any atom is 0.472 e. The predicted molar refractivity (Wildman–Crippen MR) is 225 cm³/mol. The number of unbranched alkanes of at least 4 members (excludes halogenated alkanes) is 12. The van der Waals surface area contributed by atoms with Crippen LogP contribution in [0.4, 0.5) is 0 Å². The molecule has 0 spiro atoms. The molecule has 1 aliphatic rings. The zero-order valence-electron chi connectivity index (χ0n) is 35.6. The van der Waals surface area contributed by atoms with Crippen LogP contribution in [-0.4, -0.2) is 87.4 Å². The Labute approximate surface area is 352 Å². The number of hydrogen-bond acceptors (Lipinski definition) is 12. The van der Waals surface area contributed by atoms with Gasteiger partial charge in [-0.25, -0.2) is 9.13 Å². The van der Waals surface area contributed by atoms with E-state index in [1.54, 1.807) is 18.2 Å². The number of aliphatic hydroxyl groups is 2. The highest BCUT2D eigenvalue weighted by Crippen LogP contribution is 2.44. The molecule has 0 heterocycles. The Kier molecular flexibility index (Phi) is 30.4. The third-order valence-electron chi connectivity index (χ3n) is 9.70. The molecule has 0 fully saturated rings. The maximum atomic E-state index is 12.7. The number of ketones is 1. The zero-order valence-corrected chi connectivity index (χ0v) is 37.4. The predicted octanol–water partition coefficient (Wildman–Crippen LogP) is 8.37.